The zero-order valence-corrected chi connectivity index (χ0v) is 23.7. The molecule has 0 atom stereocenters. The van der Waals surface area contributed by atoms with E-state index in [1.165, 1.54) is 16.7 Å². The molecule has 1 fully saturated rings. The van der Waals surface area contributed by atoms with Gasteiger partial charge in [0.1, 0.15) is 11.5 Å². The number of allylic oxidation sites excluding steroid dienone is 1. The highest BCUT2D eigenvalue weighted by atomic mass is 32.2. The van der Waals surface area contributed by atoms with Crippen LogP contribution < -0.4 is 10.1 Å². The van der Waals surface area contributed by atoms with Crippen molar-refractivity contribution in [2.45, 2.75) is 13.5 Å². The first kappa shape index (κ1) is 28.4. The highest BCUT2D eigenvalue weighted by Gasteiger charge is 2.34. The Balaban J connectivity index is 1.31. The minimum atomic E-state index is -0.286. The minimum Gasteiger partial charge on any atom is -0.483 e. The van der Waals surface area contributed by atoms with Crippen LogP contribution in [0.2, 0.25) is 0 Å². The molecular formula is C33H28N4O4S. The second kappa shape index (κ2) is 14.0. The van der Waals surface area contributed by atoms with E-state index in [4.69, 9.17) is 9.15 Å². The van der Waals surface area contributed by atoms with Gasteiger partial charge in [-0.2, -0.15) is 5.10 Å². The van der Waals surface area contributed by atoms with E-state index >= 15 is 0 Å². The van der Waals surface area contributed by atoms with Crippen molar-refractivity contribution < 1.29 is 18.7 Å². The zero-order valence-electron chi connectivity index (χ0n) is 22.8. The molecule has 4 aromatic rings. The van der Waals surface area contributed by atoms with Gasteiger partial charge in [-0.15, -0.1) is 5.10 Å². The standard InChI is InChI=1S/C33H28N4O4S/c1-24-15-17-27(18-16-24)35-31(38)23-41-29-14-6-5-12-26(29)21-30-32(39)37(22-28-13-8-20-40-28)33(42-30)36-34-19-7-11-25-9-3-2-4-10-25/h2-21H,22-23H2,1H3,(H,35,38)/b11-7+,30-21-,34-19-,36-33+. The molecule has 42 heavy (non-hydrogen) atoms. The number of nitrogens with one attached hydrogen (secondary N) is 1. The summed E-state index contributed by atoms with van der Waals surface area (Å²) < 4.78 is 11.3. The molecule has 5 rings (SSSR count). The molecule has 1 N–H and O–H groups in total. The Bertz CT molecular complexity index is 1640. The normalized spacial score (nSPS) is 15.4. The number of carbonyl (C=O) groups excluding carboxylic acids is 2. The number of hydrogen-bond donors (Lipinski definition) is 1. The molecule has 210 valence electrons. The van der Waals surface area contributed by atoms with E-state index in [1.807, 2.05) is 85.8 Å². The highest BCUT2D eigenvalue weighted by Crippen LogP contribution is 2.35. The van der Waals surface area contributed by atoms with Crippen LogP contribution >= 0.6 is 11.8 Å². The molecule has 1 aromatic heterocycles. The maximum atomic E-state index is 13.5. The fraction of sp³-hybridized carbons (Fsp3) is 0.0909. The van der Waals surface area contributed by atoms with Crippen LogP contribution in [-0.2, 0) is 16.1 Å². The van der Waals surface area contributed by atoms with E-state index in [0.717, 1.165) is 11.1 Å². The summed E-state index contributed by atoms with van der Waals surface area (Å²) in [6.07, 6.45) is 8.57. The molecule has 3 aromatic carbocycles. The van der Waals surface area contributed by atoms with E-state index in [2.05, 4.69) is 15.5 Å². The number of thioether (sulfide) groups is 1. The number of amides is 2. The molecule has 0 bridgehead atoms. The van der Waals surface area contributed by atoms with Crippen molar-refractivity contribution in [2.24, 2.45) is 10.2 Å². The van der Waals surface area contributed by atoms with Crippen molar-refractivity contribution >= 4 is 52.8 Å². The summed E-state index contributed by atoms with van der Waals surface area (Å²) in [4.78, 5) is 27.9. The van der Waals surface area contributed by atoms with Gasteiger partial charge in [-0.25, -0.2) is 0 Å². The number of aryl methyl sites for hydroxylation is 1. The molecule has 0 unspecified atom stereocenters. The first-order valence-electron chi connectivity index (χ1n) is 13.2. The number of furan rings is 1. The van der Waals surface area contributed by atoms with Crippen molar-refractivity contribution in [3.8, 4) is 5.75 Å². The molecule has 0 saturated carbocycles. The van der Waals surface area contributed by atoms with E-state index < -0.39 is 0 Å². The van der Waals surface area contributed by atoms with Crippen LogP contribution in [0.3, 0.4) is 0 Å². The lowest BCUT2D eigenvalue weighted by Crippen LogP contribution is -2.28. The number of para-hydroxylation sites is 1. The third-order valence-corrected chi connectivity index (χ3v) is 7.06. The highest BCUT2D eigenvalue weighted by molar-refractivity contribution is 8.18. The zero-order chi connectivity index (χ0) is 29.1. The molecular weight excluding hydrogens is 548 g/mol. The largest absolute Gasteiger partial charge is 0.483 e. The Kier molecular flexibility index (Phi) is 9.43. The van der Waals surface area contributed by atoms with Crippen molar-refractivity contribution in [2.75, 3.05) is 11.9 Å². The van der Waals surface area contributed by atoms with Gasteiger partial charge in [0.05, 0.1) is 17.7 Å². The predicted molar refractivity (Wildman–Crippen MR) is 168 cm³/mol. The molecule has 2 amide bonds. The SMILES string of the molecule is Cc1ccc(NC(=O)COc2ccccc2/C=C2\S/C(=N/N=C\C=C\c3ccccc3)N(Cc3ccco3)C2=O)cc1. The van der Waals surface area contributed by atoms with Gasteiger partial charge in [0, 0.05) is 17.5 Å². The van der Waals surface area contributed by atoms with Gasteiger partial charge < -0.3 is 14.5 Å². The fourth-order valence-corrected chi connectivity index (χ4v) is 4.90. The van der Waals surface area contributed by atoms with Crippen LogP contribution in [0.4, 0.5) is 5.69 Å². The summed E-state index contributed by atoms with van der Waals surface area (Å²) in [6.45, 7) is 2.01. The topological polar surface area (TPSA) is 96.5 Å². The Morgan fingerprint density at radius 3 is 2.57 bits per heavy atom. The Hall–Kier alpha value is -5.15. The summed E-state index contributed by atoms with van der Waals surface area (Å²) in [5, 5.41) is 11.7. The lowest BCUT2D eigenvalue weighted by atomic mass is 10.2. The quantitative estimate of drug-likeness (QED) is 0.128. The smallest absolute Gasteiger partial charge is 0.267 e. The van der Waals surface area contributed by atoms with Crippen LogP contribution in [0.1, 0.15) is 22.5 Å². The number of anilines is 1. The lowest BCUT2D eigenvalue weighted by Gasteiger charge is -2.12. The summed E-state index contributed by atoms with van der Waals surface area (Å²) in [6, 6.07) is 28.2. The van der Waals surface area contributed by atoms with Gasteiger partial charge in [-0.1, -0.05) is 72.3 Å². The summed E-state index contributed by atoms with van der Waals surface area (Å²) in [5.74, 6) is 0.571. The van der Waals surface area contributed by atoms with Gasteiger partial charge >= 0.3 is 0 Å². The van der Waals surface area contributed by atoms with Gasteiger partial charge in [0.2, 0.25) is 0 Å². The summed E-state index contributed by atoms with van der Waals surface area (Å²) in [5.41, 5.74) is 3.50. The minimum absolute atomic E-state index is 0.183. The lowest BCUT2D eigenvalue weighted by molar-refractivity contribution is -0.122. The Morgan fingerprint density at radius 2 is 1.79 bits per heavy atom. The van der Waals surface area contributed by atoms with E-state index in [-0.39, 0.29) is 25.0 Å². The molecule has 0 radical (unpaired) electrons. The molecule has 1 saturated heterocycles. The number of carbonyl (C=O) groups is 2. The predicted octanol–water partition coefficient (Wildman–Crippen LogP) is 6.78. The maximum Gasteiger partial charge on any atom is 0.267 e. The molecule has 0 spiro atoms. The third-order valence-electron chi connectivity index (χ3n) is 6.07. The number of hydrogen-bond acceptors (Lipinski definition) is 7. The van der Waals surface area contributed by atoms with Crippen LogP contribution in [0.5, 0.6) is 5.75 Å². The van der Waals surface area contributed by atoms with Crippen molar-refractivity contribution in [3.63, 3.8) is 0 Å². The average Bonchev–Trinajstić information content (AvgIpc) is 3.62. The molecule has 9 heteroatoms. The van der Waals surface area contributed by atoms with E-state index in [1.54, 1.807) is 42.8 Å². The van der Waals surface area contributed by atoms with Crippen LogP contribution in [0.25, 0.3) is 12.2 Å². The third kappa shape index (κ3) is 7.74. The second-order valence-corrected chi connectivity index (χ2v) is 10.2. The summed E-state index contributed by atoms with van der Waals surface area (Å²) in [7, 11) is 0. The van der Waals surface area contributed by atoms with Crippen molar-refractivity contribution in [3.05, 3.63) is 131 Å². The van der Waals surface area contributed by atoms with Gasteiger partial charge in [0.15, 0.2) is 11.8 Å². The van der Waals surface area contributed by atoms with Crippen molar-refractivity contribution in [1.82, 2.24) is 4.90 Å². The molecule has 1 aliphatic heterocycles. The monoisotopic (exact) mass is 576 g/mol. The van der Waals surface area contributed by atoms with Gasteiger partial charge in [-0.05, 0) is 66.7 Å². The first-order valence-corrected chi connectivity index (χ1v) is 14.0. The van der Waals surface area contributed by atoms with Crippen LogP contribution in [0.15, 0.2) is 123 Å². The number of ether oxygens (including phenoxy) is 1. The maximum absolute atomic E-state index is 13.5. The molecule has 8 nitrogen and oxygen atoms in total. The van der Waals surface area contributed by atoms with Gasteiger partial charge in [-0.3, -0.25) is 14.5 Å². The average molecular weight is 577 g/mol. The molecule has 1 aliphatic rings. The van der Waals surface area contributed by atoms with E-state index in [0.29, 0.717) is 32.8 Å². The summed E-state index contributed by atoms with van der Waals surface area (Å²) >= 11 is 1.21. The van der Waals surface area contributed by atoms with Crippen LogP contribution in [-0.4, -0.2) is 34.7 Å². The van der Waals surface area contributed by atoms with Crippen molar-refractivity contribution in [1.29, 1.82) is 0 Å². The molecule has 0 aliphatic carbocycles. The Morgan fingerprint density at radius 1 is 1.00 bits per heavy atom. The van der Waals surface area contributed by atoms with Gasteiger partial charge in [0.25, 0.3) is 11.8 Å². The van der Waals surface area contributed by atoms with E-state index in [9.17, 15) is 9.59 Å². The number of amidine groups is 1. The fourth-order valence-electron chi connectivity index (χ4n) is 3.97. The first-order chi connectivity index (χ1) is 20.5. The second-order valence-electron chi connectivity index (χ2n) is 9.24. The number of nitrogens with zero attached hydrogens (tertiary/aromatic N) is 3. The number of rotatable bonds is 10. The van der Waals surface area contributed by atoms with Crippen LogP contribution in [0, 0.1) is 6.92 Å². The Labute approximate surface area is 248 Å². The molecule has 2 heterocycles. The number of benzene rings is 3.